The standard InChI is InChI=1S/C12H9BrN2O4/c13-7-3-6(4-8-11(7)19-2-1-18-8)12-14-9(16)5-10(17)15-12/h3-5H,1-2H2,(H2,14,15,16,17). The van der Waals surface area contributed by atoms with Gasteiger partial charge in [0.15, 0.2) is 11.5 Å². The van der Waals surface area contributed by atoms with Crippen molar-refractivity contribution in [2.24, 2.45) is 0 Å². The molecule has 0 saturated carbocycles. The maximum Gasteiger partial charge on any atom is 0.254 e. The number of hydrogen-bond donors (Lipinski definition) is 2. The lowest BCUT2D eigenvalue weighted by atomic mass is 10.2. The molecule has 0 aliphatic carbocycles. The van der Waals surface area contributed by atoms with Gasteiger partial charge in [0.25, 0.3) is 5.56 Å². The van der Waals surface area contributed by atoms with Crippen molar-refractivity contribution >= 4 is 15.9 Å². The Balaban J connectivity index is 2.15. The van der Waals surface area contributed by atoms with Crippen LogP contribution in [0.5, 0.6) is 17.4 Å². The van der Waals surface area contributed by atoms with Crippen molar-refractivity contribution in [2.45, 2.75) is 0 Å². The van der Waals surface area contributed by atoms with E-state index in [1.165, 1.54) is 0 Å². The minimum absolute atomic E-state index is 0.266. The minimum atomic E-state index is -0.423. The molecule has 7 heteroatoms. The molecule has 0 bridgehead atoms. The van der Waals surface area contributed by atoms with Crippen LogP contribution in [0.2, 0.25) is 0 Å². The molecule has 1 aliphatic heterocycles. The molecule has 0 unspecified atom stereocenters. The van der Waals surface area contributed by atoms with E-state index < -0.39 is 5.56 Å². The molecule has 1 aromatic heterocycles. The third-order valence-corrected chi connectivity index (χ3v) is 3.19. The highest BCUT2D eigenvalue weighted by Gasteiger charge is 2.17. The predicted octanol–water partition coefficient (Wildman–Crippen LogP) is 1.68. The fraction of sp³-hybridized carbons (Fsp3) is 0.167. The molecule has 3 rings (SSSR count). The molecular weight excluding hydrogens is 316 g/mol. The number of fused-ring (bicyclic) bond motifs is 1. The Bertz CT molecular complexity index is 699. The molecule has 19 heavy (non-hydrogen) atoms. The predicted molar refractivity (Wildman–Crippen MR) is 70.6 cm³/mol. The number of aromatic amines is 1. The van der Waals surface area contributed by atoms with Crippen molar-refractivity contribution in [2.75, 3.05) is 13.2 Å². The maximum atomic E-state index is 11.3. The summed E-state index contributed by atoms with van der Waals surface area (Å²) in [4.78, 5) is 17.8. The maximum absolute atomic E-state index is 11.3. The summed E-state index contributed by atoms with van der Waals surface area (Å²) in [6.07, 6.45) is 0. The number of benzene rings is 1. The van der Waals surface area contributed by atoms with Crippen LogP contribution in [-0.4, -0.2) is 28.3 Å². The number of hydrogen-bond acceptors (Lipinski definition) is 5. The fourth-order valence-electron chi connectivity index (χ4n) is 1.83. The molecule has 2 aromatic rings. The number of H-pyrrole nitrogens is 1. The van der Waals surface area contributed by atoms with Crippen molar-refractivity contribution in [3.05, 3.63) is 33.0 Å². The zero-order valence-corrected chi connectivity index (χ0v) is 11.2. The number of nitrogens with one attached hydrogen (secondary N) is 1. The number of rotatable bonds is 1. The van der Waals surface area contributed by atoms with E-state index in [9.17, 15) is 9.90 Å². The molecule has 2 heterocycles. The summed E-state index contributed by atoms with van der Waals surface area (Å²) < 4.78 is 11.7. The SMILES string of the molecule is O=c1cc(O)nc(-c2cc(Br)c3c(c2)OCCO3)[nH]1. The van der Waals surface area contributed by atoms with Gasteiger partial charge in [-0.1, -0.05) is 0 Å². The van der Waals surface area contributed by atoms with Gasteiger partial charge < -0.3 is 19.6 Å². The van der Waals surface area contributed by atoms with Gasteiger partial charge in [-0.2, -0.15) is 4.98 Å². The average molecular weight is 325 g/mol. The third kappa shape index (κ3) is 2.28. The minimum Gasteiger partial charge on any atom is -0.493 e. The van der Waals surface area contributed by atoms with Crippen LogP contribution in [0.3, 0.4) is 0 Å². The molecular formula is C12H9BrN2O4. The second-order valence-electron chi connectivity index (χ2n) is 3.93. The Morgan fingerprint density at radius 3 is 2.84 bits per heavy atom. The summed E-state index contributed by atoms with van der Waals surface area (Å²) in [5.41, 5.74) is 0.192. The van der Waals surface area contributed by atoms with E-state index in [1.807, 2.05) is 0 Å². The molecule has 0 saturated heterocycles. The van der Waals surface area contributed by atoms with Crippen molar-refractivity contribution in [1.82, 2.24) is 9.97 Å². The van der Waals surface area contributed by atoms with Crippen molar-refractivity contribution < 1.29 is 14.6 Å². The van der Waals surface area contributed by atoms with Crippen LogP contribution in [-0.2, 0) is 0 Å². The van der Waals surface area contributed by atoms with E-state index in [1.54, 1.807) is 12.1 Å². The van der Waals surface area contributed by atoms with Gasteiger partial charge in [0.1, 0.15) is 19.0 Å². The van der Waals surface area contributed by atoms with Gasteiger partial charge in [-0.3, -0.25) is 4.79 Å². The zero-order chi connectivity index (χ0) is 13.4. The Kier molecular flexibility index (Phi) is 2.90. The lowest BCUT2D eigenvalue weighted by molar-refractivity contribution is 0.170. The van der Waals surface area contributed by atoms with E-state index in [-0.39, 0.29) is 11.7 Å². The topological polar surface area (TPSA) is 84.4 Å². The van der Waals surface area contributed by atoms with E-state index in [4.69, 9.17) is 9.47 Å². The Morgan fingerprint density at radius 2 is 2.05 bits per heavy atom. The van der Waals surface area contributed by atoms with Gasteiger partial charge in [0.05, 0.1) is 10.5 Å². The summed E-state index contributed by atoms with van der Waals surface area (Å²) in [7, 11) is 0. The highest BCUT2D eigenvalue weighted by Crippen LogP contribution is 2.40. The zero-order valence-electron chi connectivity index (χ0n) is 9.64. The molecule has 0 amide bonds. The Labute approximate surface area is 116 Å². The van der Waals surface area contributed by atoms with Gasteiger partial charge in [0, 0.05) is 5.56 Å². The van der Waals surface area contributed by atoms with Crippen LogP contribution in [0.25, 0.3) is 11.4 Å². The van der Waals surface area contributed by atoms with Gasteiger partial charge >= 0.3 is 0 Å². The summed E-state index contributed by atoms with van der Waals surface area (Å²) >= 11 is 3.38. The molecule has 0 spiro atoms. The third-order valence-electron chi connectivity index (χ3n) is 2.60. The monoisotopic (exact) mass is 324 g/mol. The second-order valence-corrected chi connectivity index (χ2v) is 4.79. The van der Waals surface area contributed by atoms with Crippen LogP contribution in [0.1, 0.15) is 0 Å². The highest BCUT2D eigenvalue weighted by atomic mass is 79.9. The second kappa shape index (κ2) is 4.58. The van der Waals surface area contributed by atoms with Crippen molar-refractivity contribution in [3.8, 4) is 28.8 Å². The van der Waals surface area contributed by atoms with Crippen LogP contribution in [0.15, 0.2) is 27.5 Å². The smallest absolute Gasteiger partial charge is 0.254 e. The van der Waals surface area contributed by atoms with Crippen LogP contribution in [0.4, 0.5) is 0 Å². The molecule has 0 atom stereocenters. The molecule has 6 nitrogen and oxygen atoms in total. The first kappa shape index (κ1) is 12.0. The molecule has 1 aliphatic rings. The summed E-state index contributed by atoms with van der Waals surface area (Å²) in [5.74, 6) is 1.13. The molecule has 2 N–H and O–H groups in total. The van der Waals surface area contributed by atoms with Crippen LogP contribution in [0, 0.1) is 0 Å². The summed E-state index contributed by atoms with van der Waals surface area (Å²) in [6.45, 7) is 0.957. The number of aromatic nitrogens is 2. The Morgan fingerprint density at radius 1 is 1.26 bits per heavy atom. The molecule has 0 fully saturated rings. The first-order chi connectivity index (χ1) is 9.13. The Hall–Kier alpha value is -2.02. The van der Waals surface area contributed by atoms with Crippen molar-refractivity contribution in [1.29, 1.82) is 0 Å². The highest BCUT2D eigenvalue weighted by molar-refractivity contribution is 9.10. The lowest BCUT2D eigenvalue weighted by Gasteiger charge is -2.20. The van der Waals surface area contributed by atoms with Gasteiger partial charge in [0.2, 0.25) is 5.88 Å². The van der Waals surface area contributed by atoms with Gasteiger partial charge in [-0.15, -0.1) is 0 Å². The first-order valence-corrected chi connectivity index (χ1v) is 6.32. The summed E-state index contributed by atoms with van der Waals surface area (Å²) in [5, 5.41) is 9.36. The first-order valence-electron chi connectivity index (χ1n) is 5.53. The molecule has 1 aromatic carbocycles. The van der Waals surface area contributed by atoms with Crippen LogP contribution >= 0.6 is 15.9 Å². The van der Waals surface area contributed by atoms with E-state index in [2.05, 4.69) is 25.9 Å². The number of aromatic hydroxyl groups is 1. The quantitative estimate of drug-likeness (QED) is 0.833. The average Bonchev–Trinajstić information content (AvgIpc) is 2.37. The molecule has 98 valence electrons. The fourth-order valence-corrected chi connectivity index (χ4v) is 2.39. The number of ether oxygens (including phenoxy) is 2. The number of nitrogens with zero attached hydrogens (tertiary/aromatic N) is 1. The summed E-state index contributed by atoms with van der Waals surface area (Å²) in [6, 6.07) is 4.46. The lowest BCUT2D eigenvalue weighted by Crippen LogP contribution is -2.16. The number of halogens is 1. The largest absolute Gasteiger partial charge is 0.493 e. The van der Waals surface area contributed by atoms with E-state index in [0.29, 0.717) is 34.7 Å². The van der Waals surface area contributed by atoms with Gasteiger partial charge in [-0.25, -0.2) is 0 Å². The van der Waals surface area contributed by atoms with E-state index >= 15 is 0 Å². The molecule has 0 radical (unpaired) electrons. The van der Waals surface area contributed by atoms with Gasteiger partial charge in [-0.05, 0) is 28.1 Å². The normalized spacial score (nSPS) is 13.3. The van der Waals surface area contributed by atoms with Crippen LogP contribution < -0.4 is 15.0 Å². The van der Waals surface area contributed by atoms with E-state index in [0.717, 1.165) is 6.07 Å². The van der Waals surface area contributed by atoms with Crippen molar-refractivity contribution in [3.63, 3.8) is 0 Å².